The van der Waals surface area contributed by atoms with Gasteiger partial charge in [0, 0.05) is 44.1 Å². The molecule has 1 fully saturated rings. The number of nitrogens with one attached hydrogen (secondary N) is 1. The molecular formula is C14H16FN3O. The van der Waals surface area contributed by atoms with Crippen LogP contribution >= 0.6 is 0 Å². The average Bonchev–Trinajstić information content (AvgIpc) is 2.75. The Morgan fingerprint density at radius 2 is 2.00 bits per heavy atom. The third-order valence-corrected chi connectivity index (χ3v) is 3.63. The average molecular weight is 261 g/mol. The van der Waals surface area contributed by atoms with Crippen molar-refractivity contribution in [1.82, 2.24) is 14.8 Å². The van der Waals surface area contributed by atoms with Gasteiger partial charge in [0.05, 0.1) is 0 Å². The van der Waals surface area contributed by atoms with E-state index in [1.807, 2.05) is 16.5 Å². The Bertz CT molecular complexity index is 629. The van der Waals surface area contributed by atoms with Crippen molar-refractivity contribution >= 4 is 16.8 Å². The van der Waals surface area contributed by atoms with Crippen molar-refractivity contribution in [2.75, 3.05) is 26.2 Å². The molecular weight excluding hydrogens is 245 g/mol. The highest BCUT2D eigenvalue weighted by atomic mass is 19.1. The molecule has 1 saturated heterocycles. The number of hydrogen-bond acceptors (Lipinski definition) is 2. The van der Waals surface area contributed by atoms with E-state index in [-0.39, 0.29) is 11.7 Å². The molecule has 0 atom stereocenters. The van der Waals surface area contributed by atoms with Crippen LogP contribution in [0.1, 0.15) is 10.5 Å². The van der Waals surface area contributed by atoms with Gasteiger partial charge in [0.15, 0.2) is 0 Å². The minimum absolute atomic E-state index is 0.0145. The smallest absolute Gasteiger partial charge is 0.270 e. The first-order valence-corrected chi connectivity index (χ1v) is 6.42. The van der Waals surface area contributed by atoms with Gasteiger partial charge in [-0.15, -0.1) is 0 Å². The number of rotatable bonds is 1. The maximum atomic E-state index is 13.2. The molecule has 1 N–H and O–H groups in total. The number of halogens is 1. The zero-order chi connectivity index (χ0) is 13.4. The van der Waals surface area contributed by atoms with E-state index in [0.717, 1.165) is 24.0 Å². The molecule has 0 spiro atoms. The predicted molar refractivity (Wildman–Crippen MR) is 71.7 cm³/mol. The standard InChI is InChI=1S/C14H16FN3O/c1-17-12-3-2-11(15)8-10(12)9-13(17)14(19)18-6-4-16-5-7-18/h2-3,8-9,16H,4-7H2,1H3. The van der Waals surface area contributed by atoms with E-state index in [2.05, 4.69) is 5.32 Å². The quantitative estimate of drug-likeness (QED) is 0.841. The fourth-order valence-electron chi connectivity index (χ4n) is 2.56. The molecule has 0 radical (unpaired) electrons. The number of nitrogens with zero attached hydrogens (tertiary/aromatic N) is 2. The predicted octanol–water partition coefficient (Wildman–Crippen LogP) is 1.36. The molecule has 1 aromatic carbocycles. The van der Waals surface area contributed by atoms with E-state index in [0.29, 0.717) is 18.8 Å². The number of benzene rings is 1. The number of aryl methyl sites for hydroxylation is 1. The first-order chi connectivity index (χ1) is 9.16. The third kappa shape index (κ3) is 2.10. The second-order valence-corrected chi connectivity index (χ2v) is 4.83. The molecule has 1 aliphatic heterocycles. The van der Waals surface area contributed by atoms with Crippen molar-refractivity contribution in [2.24, 2.45) is 7.05 Å². The van der Waals surface area contributed by atoms with Gasteiger partial charge >= 0.3 is 0 Å². The summed E-state index contributed by atoms with van der Waals surface area (Å²) < 4.78 is 15.1. The minimum atomic E-state index is -0.278. The Balaban J connectivity index is 2.00. The van der Waals surface area contributed by atoms with Crippen molar-refractivity contribution in [3.63, 3.8) is 0 Å². The van der Waals surface area contributed by atoms with E-state index in [4.69, 9.17) is 0 Å². The van der Waals surface area contributed by atoms with E-state index in [1.54, 1.807) is 12.1 Å². The van der Waals surface area contributed by atoms with E-state index in [1.165, 1.54) is 12.1 Å². The van der Waals surface area contributed by atoms with Crippen molar-refractivity contribution in [3.8, 4) is 0 Å². The number of carbonyl (C=O) groups excluding carboxylic acids is 1. The Kier molecular flexibility index (Phi) is 2.98. The highest BCUT2D eigenvalue weighted by Crippen LogP contribution is 2.21. The summed E-state index contributed by atoms with van der Waals surface area (Å²) in [6.07, 6.45) is 0. The number of amides is 1. The summed E-state index contributed by atoms with van der Waals surface area (Å²) in [6.45, 7) is 3.08. The van der Waals surface area contributed by atoms with Gasteiger partial charge < -0.3 is 14.8 Å². The van der Waals surface area contributed by atoms with E-state index in [9.17, 15) is 9.18 Å². The van der Waals surface area contributed by atoms with Crippen molar-refractivity contribution in [1.29, 1.82) is 0 Å². The van der Waals surface area contributed by atoms with Crippen LogP contribution in [-0.2, 0) is 7.05 Å². The lowest BCUT2D eigenvalue weighted by atomic mass is 10.2. The van der Waals surface area contributed by atoms with Crippen LogP contribution in [0.4, 0.5) is 4.39 Å². The molecule has 100 valence electrons. The Morgan fingerprint density at radius 1 is 1.26 bits per heavy atom. The van der Waals surface area contributed by atoms with Gasteiger partial charge in [-0.1, -0.05) is 0 Å². The molecule has 1 amide bonds. The fraction of sp³-hybridized carbons (Fsp3) is 0.357. The minimum Gasteiger partial charge on any atom is -0.340 e. The van der Waals surface area contributed by atoms with Crippen LogP contribution < -0.4 is 5.32 Å². The number of aromatic nitrogens is 1. The molecule has 19 heavy (non-hydrogen) atoms. The van der Waals surface area contributed by atoms with Crippen LogP contribution in [0.2, 0.25) is 0 Å². The van der Waals surface area contributed by atoms with Gasteiger partial charge in [0.2, 0.25) is 0 Å². The third-order valence-electron chi connectivity index (χ3n) is 3.63. The summed E-state index contributed by atoms with van der Waals surface area (Å²) in [7, 11) is 1.84. The summed E-state index contributed by atoms with van der Waals surface area (Å²) in [5.41, 5.74) is 1.49. The first kappa shape index (κ1) is 12.2. The SMILES string of the molecule is Cn1c(C(=O)N2CCNCC2)cc2cc(F)ccc21. The molecule has 0 unspecified atom stereocenters. The monoisotopic (exact) mass is 261 g/mol. The zero-order valence-electron chi connectivity index (χ0n) is 10.8. The molecule has 1 aromatic heterocycles. The molecule has 1 aliphatic rings. The molecule has 3 rings (SSSR count). The maximum absolute atomic E-state index is 13.2. The summed E-state index contributed by atoms with van der Waals surface area (Å²) in [6, 6.07) is 6.35. The lowest BCUT2D eigenvalue weighted by Crippen LogP contribution is -2.46. The van der Waals surface area contributed by atoms with E-state index >= 15 is 0 Å². The summed E-state index contributed by atoms with van der Waals surface area (Å²) in [5, 5.41) is 3.98. The highest BCUT2D eigenvalue weighted by Gasteiger charge is 2.21. The molecule has 0 bridgehead atoms. The Hall–Kier alpha value is -1.88. The van der Waals surface area contributed by atoms with Crippen LogP contribution in [0.3, 0.4) is 0 Å². The molecule has 5 heteroatoms. The van der Waals surface area contributed by atoms with E-state index < -0.39 is 0 Å². The number of hydrogen-bond donors (Lipinski definition) is 1. The molecule has 2 aromatic rings. The number of carbonyl (C=O) groups is 1. The number of fused-ring (bicyclic) bond motifs is 1. The summed E-state index contributed by atoms with van der Waals surface area (Å²) in [5.74, 6) is -0.264. The Morgan fingerprint density at radius 3 is 2.74 bits per heavy atom. The molecule has 0 aliphatic carbocycles. The maximum Gasteiger partial charge on any atom is 0.270 e. The van der Waals surface area contributed by atoms with Crippen LogP contribution in [0.25, 0.3) is 10.9 Å². The summed E-state index contributed by atoms with van der Waals surface area (Å²) in [4.78, 5) is 14.3. The largest absolute Gasteiger partial charge is 0.340 e. The molecule has 2 heterocycles. The fourth-order valence-corrected chi connectivity index (χ4v) is 2.56. The molecule has 0 saturated carbocycles. The lowest BCUT2D eigenvalue weighted by Gasteiger charge is -2.27. The lowest BCUT2D eigenvalue weighted by molar-refractivity contribution is 0.0726. The van der Waals surface area contributed by atoms with Gasteiger partial charge in [-0.25, -0.2) is 4.39 Å². The van der Waals surface area contributed by atoms with Crippen molar-refractivity contribution in [3.05, 3.63) is 35.8 Å². The second-order valence-electron chi connectivity index (χ2n) is 4.83. The van der Waals surface area contributed by atoms with Crippen molar-refractivity contribution < 1.29 is 9.18 Å². The van der Waals surface area contributed by atoms with Crippen LogP contribution in [-0.4, -0.2) is 41.6 Å². The highest BCUT2D eigenvalue weighted by molar-refractivity contribution is 5.98. The van der Waals surface area contributed by atoms with Gasteiger partial charge in [-0.2, -0.15) is 0 Å². The topological polar surface area (TPSA) is 37.3 Å². The normalized spacial score (nSPS) is 16.0. The zero-order valence-corrected chi connectivity index (χ0v) is 10.8. The Labute approximate surface area is 110 Å². The number of piperazine rings is 1. The first-order valence-electron chi connectivity index (χ1n) is 6.42. The second kappa shape index (κ2) is 4.66. The van der Waals surface area contributed by atoms with Crippen LogP contribution in [0, 0.1) is 5.82 Å². The molecule has 4 nitrogen and oxygen atoms in total. The van der Waals surface area contributed by atoms with Crippen LogP contribution in [0.15, 0.2) is 24.3 Å². The van der Waals surface area contributed by atoms with Gasteiger partial charge in [0.1, 0.15) is 11.5 Å². The van der Waals surface area contributed by atoms with Gasteiger partial charge in [-0.3, -0.25) is 4.79 Å². The summed E-state index contributed by atoms with van der Waals surface area (Å²) >= 11 is 0. The van der Waals surface area contributed by atoms with Crippen LogP contribution in [0.5, 0.6) is 0 Å². The van der Waals surface area contributed by atoms with Gasteiger partial charge in [0.25, 0.3) is 5.91 Å². The van der Waals surface area contributed by atoms with Gasteiger partial charge in [-0.05, 0) is 24.3 Å². The van der Waals surface area contributed by atoms with Crippen molar-refractivity contribution in [2.45, 2.75) is 0 Å².